The van der Waals surface area contributed by atoms with Gasteiger partial charge < -0.3 is 5.73 Å². The Hall–Kier alpha value is -2.20. The lowest BCUT2D eigenvalue weighted by Gasteiger charge is -2.07. The summed E-state index contributed by atoms with van der Waals surface area (Å²) in [7, 11) is -1.14. The Morgan fingerprint density at radius 1 is 1.14 bits per heavy atom. The number of nitrogens with zero attached hydrogens (tertiary/aromatic N) is 1. The molecule has 0 spiro atoms. The fourth-order valence-electron chi connectivity index (χ4n) is 2.32. The third-order valence-corrected chi connectivity index (χ3v) is 4.83. The number of nitrogen functional groups attached to an aromatic ring is 1. The van der Waals surface area contributed by atoms with Crippen molar-refractivity contribution in [2.24, 2.45) is 0 Å². The van der Waals surface area contributed by atoms with Crippen molar-refractivity contribution in [2.45, 2.75) is 17.6 Å². The van der Waals surface area contributed by atoms with E-state index in [1.54, 1.807) is 6.20 Å². The fourth-order valence-corrected chi connectivity index (χ4v) is 3.50. The Kier molecular flexibility index (Phi) is 3.71. The second-order valence-corrected chi connectivity index (χ2v) is 6.48. The molecule has 2 N–H and O–H groups in total. The molecule has 106 valence electrons. The fraction of sp³-hybridized carbons (Fsp3) is 0.118. The first-order valence-electron chi connectivity index (χ1n) is 6.71. The molecule has 3 nitrogen and oxygen atoms in total. The minimum Gasteiger partial charge on any atom is -0.398 e. The van der Waals surface area contributed by atoms with Crippen molar-refractivity contribution in [1.29, 1.82) is 0 Å². The van der Waals surface area contributed by atoms with Gasteiger partial charge in [-0.25, -0.2) is 0 Å². The van der Waals surface area contributed by atoms with Gasteiger partial charge in [0.2, 0.25) is 0 Å². The highest BCUT2D eigenvalue weighted by molar-refractivity contribution is 7.84. The maximum Gasteiger partial charge on any atom is 0.0702 e. The van der Waals surface area contributed by atoms with Crippen LogP contribution in [0.4, 0.5) is 5.69 Å². The van der Waals surface area contributed by atoms with Crippen molar-refractivity contribution >= 4 is 27.4 Å². The first-order chi connectivity index (χ1) is 10.1. The van der Waals surface area contributed by atoms with Crippen LogP contribution in [0.5, 0.6) is 0 Å². The van der Waals surface area contributed by atoms with Crippen molar-refractivity contribution in [3.05, 3.63) is 65.9 Å². The molecule has 0 aliphatic carbocycles. The first-order valence-corrected chi connectivity index (χ1v) is 8.03. The summed E-state index contributed by atoms with van der Waals surface area (Å²) < 4.78 is 12.5. The van der Waals surface area contributed by atoms with Crippen LogP contribution >= 0.6 is 0 Å². The normalized spacial score (nSPS) is 12.4. The smallest absolute Gasteiger partial charge is 0.0702 e. The number of aryl methyl sites for hydroxylation is 1. The Balaban J connectivity index is 1.89. The van der Waals surface area contributed by atoms with E-state index in [1.165, 1.54) is 0 Å². The minimum absolute atomic E-state index is 0.456. The van der Waals surface area contributed by atoms with E-state index in [0.29, 0.717) is 16.3 Å². The standard InChI is InChI=1S/C17H16N2OS/c1-12-4-7-17(15(18)9-12)21(20)11-13-5-6-16-14(10-13)3-2-8-19-16/h2-10H,11,18H2,1H3. The molecule has 0 aliphatic rings. The van der Waals surface area contributed by atoms with Crippen LogP contribution in [0, 0.1) is 6.92 Å². The molecule has 0 saturated carbocycles. The van der Waals surface area contributed by atoms with Crippen molar-refractivity contribution in [3.8, 4) is 0 Å². The number of anilines is 1. The Morgan fingerprint density at radius 2 is 2.00 bits per heavy atom. The maximum absolute atomic E-state index is 12.5. The molecule has 1 unspecified atom stereocenters. The van der Waals surface area contributed by atoms with Crippen molar-refractivity contribution < 1.29 is 4.21 Å². The van der Waals surface area contributed by atoms with Crippen molar-refractivity contribution in [2.75, 3.05) is 5.73 Å². The first kappa shape index (κ1) is 13.8. The summed E-state index contributed by atoms with van der Waals surface area (Å²) in [5.41, 5.74) is 9.60. The molecule has 1 aromatic heterocycles. The number of fused-ring (bicyclic) bond motifs is 1. The molecule has 0 aliphatic heterocycles. The van der Waals surface area contributed by atoms with Crippen LogP contribution in [0.25, 0.3) is 10.9 Å². The van der Waals surface area contributed by atoms with Gasteiger partial charge in [-0.15, -0.1) is 0 Å². The van der Waals surface area contributed by atoms with Crippen LogP contribution in [0.1, 0.15) is 11.1 Å². The summed E-state index contributed by atoms with van der Waals surface area (Å²) in [6.07, 6.45) is 1.77. The predicted molar refractivity (Wildman–Crippen MR) is 87.4 cm³/mol. The third kappa shape index (κ3) is 2.95. The zero-order valence-corrected chi connectivity index (χ0v) is 12.6. The van der Waals surface area contributed by atoms with Crippen LogP contribution in [0.3, 0.4) is 0 Å². The molecular weight excluding hydrogens is 280 g/mol. The van der Waals surface area contributed by atoms with E-state index in [4.69, 9.17) is 5.73 Å². The number of hydrogen-bond acceptors (Lipinski definition) is 3. The molecule has 3 aromatic rings. The van der Waals surface area contributed by atoms with Crippen LogP contribution in [0.2, 0.25) is 0 Å². The average molecular weight is 296 g/mol. The number of aromatic nitrogens is 1. The summed E-state index contributed by atoms with van der Waals surface area (Å²) in [6.45, 7) is 1.97. The number of nitrogens with two attached hydrogens (primary N) is 1. The van der Waals surface area contributed by atoms with E-state index in [-0.39, 0.29) is 0 Å². The van der Waals surface area contributed by atoms with Gasteiger partial charge in [-0.2, -0.15) is 0 Å². The number of benzene rings is 2. The van der Waals surface area contributed by atoms with Gasteiger partial charge in [0.25, 0.3) is 0 Å². The van der Waals surface area contributed by atoms with E-state index in [9.17, 15) is 4.21 Å². The highest BCUT2D eigenvalue weighted by Crippen LogP contribution is 2.22. The predicted octanol–water partition coefficient (Wildman–Crippen LogP) is 3.43. The molecule has 0 radical (unpaired) electrons. The van der Waals surface area contributed by atoms with E-state index in [2.05, 4.69) is 4.98 Å². The highest BCUT2D eigenvalue weighted by Gasteiger charge is 2.09. The molecule has 0 fully saturated rings. The quantitative estimate of drug-likeness (QED) is 0.753. The Morgan fingerprint density at radius 3 is 2.81 bits per heavy atom. The van der Waals surface area contributed by atoms with Gasteiger partial charge in [-0.05, 0) is 48.4 Å². The zero-order chi connectivity index (χ0) is 14.8. The summed E-state index contributed by atoms with van der Waals surface area (Å²) in [6, 6.07) is 15.5. The Bertz CT molecular complexity index is 830. The Labute approximate surface area is 126 Å². The molecule has 1 heterocycles. The molecule has 4 heteroatoms. The lowest BCUT2D eigenvalue weighted by atomic mass is 10.1. The van der Waals surface area contributed by atoms with Crippen molar-refractivity contribution in [3.63, 3.8) is 0 Å². The summed E-state index contributed by atoms with van der Waals surface area (Å²) in [5, 5.41) is 1.06. The second kappa shape index (κ2) is 5.66. The van der Waals surface area contributed by atoms with E-state index >= 15 is 0 Å². The molecule has 0 saturated heterocycles. The van der Waals surface area contributed by atoms with Gasteiger partial charge in [-0.3, -0.25) is 9.19 Å². The molecular formula is C17H16N2OS. The van der Waals surface area contributed by atoms with Crippen molar-refractivity contribution in [1.82, 2.24) is 4.98 Å². The maximum atomic E-state index is 12.5. The van der Waals surface area contributed by atoms with Crippen LogP contribution in [-0.4, -0.2) is 9.19 Å². The average Bonchev–Trinajstić information content (AvgIpc) is 2.47. The van der Waals surface area contributed by atoms with Gasteiger partial charge in [0.05, 0.1) is 27.0 Å². The zero-order valence-electron chi connectivity index (χ0n) is 11.7. The molecule has 3 rings (SSSR count). The van der Waals surface area contributed by atoms with E-state index in [1.807, 2.05) is 55.5 Å². The monoisotopic (exact) mass is 296 g/mol. The number of hydrogen-bond donors (Lipinski definition) is 1. The van der Waals surface area contributed by atoms with Gasteiger partial charge in [0, 0.05) is 17.3 Å². The molecule has 0 bridgehead atoms. The summed E-state index contributed by atoms with van der Waals surface area (Å²) in [4.78, 5) is 4.99. The number of pyridine rings is 1. The van der Waals surface area contributed by atoms with Crippen LogP contribution in [0.15, 0.2) is 59.6 Å². The summed E-state index contributed by atoms with van der Waals surface area (Å²) >= 11 is 0. The molecule has 0 amide bonds. The van der Waals surface area contributed by atoms with Gasteiger partial charge in [0.15, 0.2) is 0 Å². The van der Waals surface area contributed by atoms with E-state index < -0.39 is 10.8 Å². The van der Waals surface area contributed by atoms with E-state index in [0.717, 1.165) is 22.0 Å². The highest BCUT2D eigenvalue weighted by atomic mass is 32.2. The van der Waals surface area contributed by atoms with Gasteiger partial charge in [0.1, 0.15) is 0 Å². The SMILES string of the molecule is Cc1ccc(S(=O)Cc2ccc3ncccc3c2)c(N)c1. The van der Waals surface area contributed by atoms with Gasteiger partial charge >= 0.3 is 0 Å². The topological polar surface area (TPSA) is 56.0 Å². The van der Waals surface area contributed by atoms with Crippen LogP contribution in [-0.2, 0) is 16.6 Å². The largest absolute Gasteiger partial charge is 0.398 e. The minimum atomic E-state index is -1.14. The van der Waals surface area contributed by atoms with Crippen LogP contribution < -0.4 is 5.73 Å². The molecule has 2 aromatic carbocycles. The third-order valence-electron chi connectivity index (χ3n) is 3.38. The summed E-state index contributed by atoms with van der Waals surface area (Å²) in [5.74, 6) is 0.456. The lowest BCUT2D eigenvalue weighted by molar-refractivity contribution is 0.683. The molecule has 1 atom stereocenters. The van der Waals surface area contributed by atoms with Gasteiger partial charge in [-0.1, -0.05) is 18.2 Å². The number of rotatable bonds is 3. The molecule has 21 heavy (non-hydrogen) atoms. The lowest BCUT2D eigenvalue weighted by Crippen LogP contribution is -2.01. The second-order valence-electron chi connectivity index (χ2n) is 5.06.